The lowest BCUT2D eigenvalue weighted by molar-refractivity contribution is 1.30. The van der Waals surface area contributed by atoms with Gasteiger partial charge in [-0.1, -0.05) is 35.5 Å². The van der Waals surface area contributed by atoms with Crippen molar-refractivity contribution in [3.8, 4) is 24.2 Å². The second-order valence-corrected chi connectivity index (χ2v) is 4.75. The first-order chi connectivity index (χ1) is 9.10. The van der Waals surface area contributed by atoms with Crippen LogP contribution >= 0.6 is 0 Å². The van der Waals surface area contributed by atoms with Crippen LogP contribution in [-0.4, -0.2) is 0 Å². The minimum Gasteiger partial charge on any atom is -0.115 e. The summed E-state index contributed by atoms with van der Waals surface area (Å²) in [5, 5.41) is 0. The van der Waals surface area contributed by atoms with E-state index in [1.165, 1.54) is 16.7 Å². The van der Waals surface area contributed by atoms with Crippen molar-refractivity contribution in [2.45, 2.75) is 20.8 Å². The van der Waals surface area contributed by atoms with Gasteiger partial charge in [0.1, 0.15) is 0 Å². The number of rotatable bonds is 0. The van der Waals surface area contributed by atoms with Crippen LogP contribution in [0.4, 0.5) is 0 Å². The molecule has 0 saturated heterocycles. The topological polar surface area (TPSA) is 0 Å². The van der Waals surface area contributed by atoms with Gasteiger partial charge < -0.3 is 0 Å². The first-order valence-corrected chi connectivity index (χ1v) is 6.26. The molecular weight excluding hydrogens is 228 g/mol. The minimum absolute atomic E-state index is 0.883. The minimum atomic E-state index is 0.883. The number of hydrogen-bond donors (Lipinski definition) is 0. The fraction of sp³-hybridized carbons (Fsp3) is 0.158. The van der Waals surface area contributed by atoms with Gasteiger partial charge in [-0.2, -0.15) is 0 Å². The van der Waals surface area contributed by atoms with Crippen LogP contribution in [0.25, 0.3) is 0 Å². The molecule has 92 valence electrons. The van der Waals surface area contributed by atoms with Gasteiger partial charge >= 0.3 is 0 Å². The highest BCUT2D eigenvalue weighted by Gasteiger charge is 2.00. The first kappa shape index (κ1) is 13.0. The van der Waals surface area contributed by atoms with Gasteiger partial charge in [-0.3, -0.25) is 0 Å². The van der Waals surface area contributed by atoms with Gasteiger partial charge in [0.2, 0.25) is 0 Å². The van der Waals surface area contributed by atoms with Crippen LogP contribution in [0.5, 0.6) is 0 Å². The molecule has 0 aromatic heterocycles. The summed E-state index contributed by atoms with van der Waals surface area (Å²) in [4.78, 5) is 0. The third-order valence-corrected chi connectivity index (χ3v) is 3.06. The van der Waals surface area contributed by atoms with E-state index in [0.29, 0.717) is 0 Å². The second kappa shape index (κ2) is 5.47. The Bertz CT molecular complexity index is 675. The summed E-state index contributed by atoms with van der Waals surface area (Å²) < 4.78 is 0. The average Bonchev–Trinajstić information content (AvgIpc) is 2.38. The molecule has 2 rings (SSSR count). The van der Waals surface area contributed by atoms with Crippen LogP contribution in [0.1, 0.15) is 33.4 Å². The van der Waals surface area contributed by atoms with Gasteiger partial charge in [-0.25, -0.2) is 0 Å². The molecule has 0 aliphatic heterocycles. The van der Waals surface area contributed by atoms with Crippen molar-refractivity contribution in [1.29, 1.82) is 0 Å². The van der Waals surface area contributed by atoms with Crippen molar-refractivity contribution in [2.75, 3.05) is 0 Å². The number of benzene rings is 2. The molecule has 0 unspecified atom stereocenters. The Morgan fingerprint density at radius 2 is 1.32 bits per heavy atom. The molecule has 0 aliphatic rings. The highest BCUT2D eigenvalue weighted by atomic mass is 14.0. The maximum Gasteiger partial charge on any atom is 0.0307 e. The fourth-order valence-electron chi connectivity index (χ4n) is 2.16. The van der Waals surface area contributed by atoms with E-state index in [1.807, 2.05) is 24.3 Å². The third-order valence-electron chi connectivity index (χ3n) is 3.06. The van der Waals surface area contributed by atoms with Gasteiger partial charge in [0.25, 0.3) is 0 Å². The third kappa shape index (κ3) is 3.06. The van der Waals surface area contributed by atoms with Gasteiger partial charge in [-0.15, -0.1) is 6.42 Å². The summed E-state index contributed by atoms with van der Waals surface area (Å²) in [5.41, 5.74) is 6.72. The fourth-order valence-corrected chi connectivity index (χ4v) is 2.16. The molecule has 0 N–H and O–H groups in total. The molecule has 0 bridgehead atoms. The van der Waals surface area contributed by atoms with Crippen LogP contribution in [0.2, 0.25) is 0 Å². The lowest BCUT2D eigenvalue weighted by Gasteiger charge is -2.04. The van der Waals surface area contributed by atoms with Crippen LogP contribution in [-0.2, 0) is 0 Å². The van der Waals surface area contributed by atoms with Crippen molar-refractivity contribution < 1.29 is 0 Å². The molecule has 0 heteroatoms. The molecule has 19 heavy (non-hydrogen) atoms. The lowest BCUT2D eigenvalue weighted by atomic mass is 10.00. The SMILES string of the molecule is C#Cc1ccc(C#Cc2c(C)cc(C)cc2C)cc1. The van der Waals surface area contributed by atoms with E-state index in [-0.39, 0.29) is 0 Å². The van der Waals surface area contributed by atoms with Gasteiger partial charge in [0.15, 0.2) is 0 Å². The monoisotopic (exact) mass is 244 g/mol. The zero-order valence-corrected chi connectivity index (χ0v) is 11.5. The molecule has 0 spiro atoms. The summed E-state index contributed by atoms with van der Waals surface area (Å²) in [6.07, 6.45) is 5.33. The van der Waals surface area contributed by atoms with E-state index < -0.39 is 0 Å². The quantitative estimate of drug-likeness (QED) is 0.615. The summed E-state index contributed by atoms with van der Waals surface area (Å²) >= 11 is 0. The van der Waals surface area contributed by atoms with E-state index in [2.05, 4.69) is 50.7 Å². The highest BCUT2D eigenvalue weighted by Crippen LogP contribution is 2.15. The standard InChI is InChI=1S/C19H16/c1-5-17-6-8-18(9-7-17)10-11-19-15(3)12-14(2)13-16(19)4/h1,6-9,12-13H,2-4H3. The van der Waals surface area contributed by atoms with Gasteiger partial charge in [0.05, 0.1) is 0 Å². The largest absolute Gasteiger partial charge is 0.115 e. The Morgan fingerprint density at radius 1 is 0.789 bits per heavy atom. The van der Waals surface area contributed by atoms with Crippen molar-refractivity contribution in [1.82, 2.24) is 0 Å². The van der Waals surface area contributed by atoms with Gasteiger partial charge in [0, 0.05) is 16.7 Å². The first-order valence-electron chi connectivity index (χ1n) is 6.26. The number of aryl methyl sites for hydroxylation is 3. The Kier molecular flexibility index (Phi) is 3.74. The zero-order chi connectivity index (χ0) is 13.8. The van der Waals surface area contributed by atoms with Crippen LogP contribution < -0.4 is 0 Å². The predicted octanol–water partition coefficient (Wildman–Crippen LogP) is 3.99. The van der Waals surface area contributed by atoms with Crippen LogP contribution in [0, 0.1) is 45.0 Å². The van der Waals surface area contributed by atoms with Crippen molar-refractivity contribution >= 4 is 0 Å². The Hall–Kier alpha value is -2.44. The Balaban J connectivity index is 2.36. The molecule has 0 atom stereocenters. The Morgan fingerprint density at radius 3 is 1.84 bits per heavy atom. The van der Waals surface area contributed by atoms with Crippen LogP contribution in [0.3, 0.4) is 0 Å². The second-order valence-electron chi connectivity index (χ2n) is 4.75. The van der Waals surface area contributed by atoms with E-state index in [1.54, 1.807) is 0 Å². The summed E-state index contributed by atoms with van der Waals surface area (Å²) in [6, 6.07) is 12.1. The van der Waals surface area contributed by atoms with E-state index in [0.717, 1.165) is 16.7 Å². The predicted molar refractivity (Wildman–Crippen MR) is 81.0 cm³/mol. The van der Waals surface area contributed by atoms with Crippen molar-refractivity contribution in [3.05, 3.63) is 69.8 Å². The smallest absolute Gasteiger partial charge is 0.0307 e. The van der Waals surface area contributed by atoms with Crippen molar-refractivity contribution in [2.24, 2.45) is 0 Å². The zero-order valence-electron chi connectivity index (χ0n) is 11.5. The molecule has 2 aromatic rings. The van der Waals surface area contributed by atoms with Crippen molar-refractivity contribution in [3.63, 3.8) is 0 Å². The maximum atomic E-state index is 5.33. The molecule has 0 radical (unpaired) electrons. The highest BCUT2D eigenvalue weighted by molar-refractivity contribution is 5.51. The van der Waals surface area contributed by atoms with Gasteiger partial charge in [-0.05, 0) is 56.2 Å². The summed E-state index contributed by atoms with van der Waals surface area (Å²) in [7, 11) is 0. The summed E-state index contributed by atoms with van der Waals surface area (Å²) in [5.74, 6) is 9.06. The number of terminal acetylenes is 1. The van der Waals surface area contributed by atoms with E-state index >= 15 is 0 Å². The Labute approximate surface area is 115 Å². The molecule has 2 aromatic carbocycles. The molecule has 0 aliphatic carbocycles. The summed E-state index contributed by atoms with van der Waals surface area (Å²) in [6.45, 7) is 6.31. The molecular formula is C19H16. The van der Waals surface area contributed by atoms with E-state index in [4.69, 9.17) is 6.42 Å². The van der Waals surface area contributed by atoms with Crippen LogP contribution in [0.15, 0.2) is 36.4 Å². The molecule has 0 amide bonds. The molecule has 0 heterocycles. The normalized spacial score (nSPS) is 9.37. The molecule has 0 fully saturated rings. The lowest BCUT2D eigenvalue weighted by Crippen LogP contribution is -1.89. The molecule has 0 nitrogen and oxygen atoms in total. The number of hydrogen-bond acceptors (Lipinski definition) is 0. The molecule has 0 saturated carbocycles. The van der Waals surface area contributed by atoms with E-state index in [9.17, 15) is 0 Å². The maximum absolute atomic E-state index is 5.33. The average molecular weight is 244 g/mol.